The Hall–Kier alpha value is -2.66. The number of phenolic OH excluding ortho intramolecular Hbond substituents is 1. The third-order valence-electron chi connectivity index (χ3n) is 4.28. The zero-order valence-electron chi connectivity index (χ0n) is 12.9. The maximum Gasteiger partial charge on any atom is 0.183 e. The predicted molar refractivity (Wildman–Crippen MR) is 95.8 cm³/mol. The van der Waals surface area contributed by atoms with E-state index in [1.807, 2.05) is 35.7 Å². The molecule has 1 aromatic heterocycles. The number of Topliss-reactive ketones (excluding diaryl/α,β-unsaturated/α-hetero) is 1. The summed E-state index contributed by atoms with van der Waals surface area (Å²) >= 11 is 1.53. The number of carbonyl (C=O) groups is 1. The van der Waals surface area contributed by atoms with Gasteiger partial charge in [0.15, 0.2) is 10.9 Å². The number of hydrogen-bond acceptors (Lipinski definition) is 5. The normalized spacial score (nSPS) is 16.2. The molecule has 0 amide bonds. The zero-order valence-corrected chi connectivity index (χ0v) is 13.7. The smallest absolute Gasteiger partial charge is 0.183 e. The number of nitrogens with one attached hydrogen (secondary N) is 1. The fourth-order valence-electron chi connectivity index (χ4n) is 3.10. The molecule has 0 spiro atoms. The lowest BCUT2D eigenvalue weighted by atomic mass is 10.0. The molecule has 0 saturated heterocycles. The summed E-state index contributed by atoms with van der Waals surface area (Å²) in [6.07, 6.45) is 0.553. The van der Waals surface area contributed by atoms with E-state index in [2.05, 4.69) is 10.3 Å². The summed E-state index contributed by atoms with van der Waals surface area (Å²) in [5.74, 6) is 0.648. The van der Waals surface area contributed by atoms with Crippen molar-refractivity contribution in [1.82, 2.24) is 4.98 Å². The molecule has 0 fully saturated rings. The monoisotopic (exact) mass is 336 g/mol. The number of anilines is 1. The Labute approximate surface area is 143 Å². The summed E-state index contributed by atoms with van der Waals surface area (Å²) in [7, 11) is 0. The maximum atomic E-state index is 12.0. The van der Waals surface area contributed by atoms with Crippen LogP contribution in [0.4, 0.5) is 5.13 Å². The van der Waals surface area contributed by atoms with Crippen molar-refractivity contribution in [1.29, 1.82) is 0 Å². The fourth-order valence-corrected chi connectivity index (χ4v) is 3.83. The van der Waals surface area contributed by atoms with Crippen LogP contribution >= 0.6 is 11.3 Å². The number of hydrogen-bond donors (Lipinski definition) is 2. The largest absolute Gasteiger partial charge is 0.508 e. The molecule has 120 valence electrons. The van der Waals surface area contributed by atoms with Gasteiger partial charge in [-0.1, -0.05) is 36.4 Å². The van der Waals surface area contributed by atoms with Gasteiger partial charge < -0.3 is 10.4 Å². The van der Waals surface area contributed by atoms with Crippen LogP contribution in [0.15, 0.2) is 53.9 Å². The van der Waals surface area contributed by atoms with Gasteiger partial charge in [0.1, 0.15) is 5.75 Å². The van der Waals surface area contributed by atoms with E-state index in [1.54, 1.807) is 18.2 Å². The second-order valence-electron chi connectivity index (χ2n) is 5.88. The number of aromatic hydroxyl groups is 1. The van der Waals surface area contributed by atoms with Gasteiger partial charge in [0.2, 0.25) is 0 Å². The minimum absolute atomic E-state index is 0.196. The number of carbonyl (C=O) groups excluding carboxylic acids is 1. The van der Waals surface area contributed by atoms with Crippen LogP contribution < -0.4 is 5.32 Å². The highest BCUT2D eigenvalue weighted by atomic mass is 32.1. The van der Waals surface area contributed by atoms with E-state index in [0.717, 1.165) is 27.5 Å². The van der Waals surface area contributed by atoms with Crippen LogP contribution in [0.1, 0.15) is 28.3 Å². The molecule has 1 aliphatic rings. The Morgan fingerprint density at radius 1 is 1.21 bits per heavy atom. The molecule has 0 aliphatic heterocycles. The summed E-state index contributed by atoms with van der Waals surface area (Å²) in [5.41, 5.74) is 3.70. The second kappa shape index (κ2) is 6.09. The number of ketones is 1. The van der Waals surface area contributed by atoms with Crippen molar-refractivity contribution in [3.05, 3.63) is 65.0 Å². The highest BCUT2D eigenvalue weighted by Gasteiger charge is 2.28. The molecule has 1 aliphatic carbocycles. The lowest BCUT2D eigenvalue weighted by Crippen LogP contribution is -2.10. The second-order valence-corrected chi connectivity index (χ2v) is 6.74. The van der Waals surface area contributed by atoms with Crippen LogP contribution in [0.2, 0.25) is 0 Å². The fraction of sp³-hybridized carbons (Fsp3) is 0.158. The van der Waals surface area contributed by atoms with Gasteiger partial charge in [-0.05, 0) is 17.7 Å². The third kappa shape index (κ3) is 2.78. The molecule has 0 saturated carbocycles. The lowest BCUT2D eigenvalue weighted by molar-refractivity contribution is 0.0989. The van der Waals surface area contributed by atoms with E-state index in [4.69, 9.17) is 0 Å². The van der Waals surface area contributed by atoms with E-state index < -0.39 is 0 Å². The van der Waals surface area contributed by atoms with Crippen molar-refractivity contribution < 1.29 is 9.90 Å². The number of rotatable bonds is 4. The molecule has 2 N–H and O–H groups in total. The molecular weight excluding hydrogens is 320 g/mol. The van der Waals surface area contributed by atoms with Crippen LogP contribution in [0.3, 0.4) is 0 Å². The summed E-state index contributed by atoms with van der Waals surface area (Å²) in [5, 5.41) is 15.7. The first-order valence-electron chi connectivity index (χ1n) is 7.81. The third-order valence-corrected chi connectivity index (χ3v) is 5.08. The summed E-state index contributed by atoms with van der Waals surface area (Å²) in [6.45, 7) is 0.690. The van der Waals surface area contributed by atoms with Crippen LogP contribution in [0, 0.1) is 0 Å². The first-order valence-corrected chi connectivity index (χ1v) is 8.69. The molecule has 2 aromatic carbocycles. The van der Waals surface area contributed by atoms with Crippen molar-refractivity contribution in [2.24, 2.45) is 0 Å². The first kappa shape index (κ1) is 14.9. The number of nitrogens with zero attached hydrogens (tertiary/aromatic N) is 1. The average molecular weight is 336 g/mol. The number of phenols is 1. The molecule has 0 radical (unpaired) electrons. The van der Waals surface area contributed by atoms with Crippen molar-refractivity contribution in [2.45, 2.75) is 12.3 Å². The molecule has 4 rings (SSSR count). The lowest BCUT2D eigenvalue weighted by Gasteiger charge is -2.11. The number of thiazole rings is 1. The van der Waals surface area contributed by atoms with Crippen LogP contribution in [-0.4, -0.2) is 22.4 Å². The molecule has 1 heterocycles. The minimum Gasteiger partial charge on any atom is -0.508 e. The number of benzene rings is 2. The Bertz CT molecular complexity index is 904. The van der Waals surface area contributed by atoms with Crippen molar-refractivity contribution in [3.8, 4) is 17.0 Å². The molecule has 24 heavy (non-hydrogen) atoms. The zero-order chi connectivity index (χ0) is 16.5. The molecule has 0 bridgehead atoms. The standard InChI is InChI=1S/C19H16N2O2S/c22-14-5-3-4-12(8-14)17-11-24-19(21-17)20-10-13-9-18(23)16-7-2-1-6-15(13)16/h1-8,11,13,22H,9-10H2,(H,20,21). The van der Waals surface area contributed by atoms with Gasteiger partial charge in [0, 0.05) is 35.4 Å². The molecule has 3 aromatic rings. The van der Waals surface area contributed by atoms with Gasteiger partial charge in [-0.25, -0.2) is 4.98 Å². The highest BCUT2D eigenvalue weighted by Crippen LogP contribution is 2.33. The van der Waals surface area contributed by atoms with Crippen LogP contribution in [0.5, 0.6) is 5.75 Å². The highest BCUT2D eigenvalue weighted by molar-refractivity contribution is 7.14. The van der Waals surface area contributed by atoms with E-state index in [1.165, 1.54) is 11.3 Å². The molecule has 1 atom stereocenters. The van der Waals surface area contributed by atoms with Crippen LogP contribution in [0.25, 0.3) is 11.3 Å². The number of fused-ring (bicyclic) bond motifs is 1. The van der Waals surface area contributed by atoms with Gasteiger partial charge in [0.25, 0.3) is 0 Å². The Morgan fingerprint density at radius 2 is 2.08 bits per heavy atom. The van der Waals surface area contributed by atoms with E-state index in [0.29, 0.717) is 13.0 Å². The van der Waals surface area contributed by atoms with Gasteiger partial charge in [0.05, 0.1) is 5.69 Å². The molecular formula is C19H16N2O2S. The minimum atomic E-state index is 0.196. The van der Waals surface area contributed by atoms with Gasteiger partial charge in [-0.3, -0.25) is 4.79 Å². The molecule has 5 heteroatoms. The topological polar surface area (TPSA) is 62.2 Å². The Kier molecular flexibility index (Phi) is 3.78. The SMILES string of the molecule is O=C1CC(CNc2nc(-c3cccc(O)c3)cs2)c2ccccc21. The summed E-state index contributed by atoms with van der Waals surface area (Å²) in [6, 6.07) is 14.9. The van der Waals surface area contributed by atoms with Crippen molar-refractivity contribution in [3.63, 3.8) is 0 Å². The maximum absolute atomic E-state index is 12.0. The quantitative estimate of drug-likeness (QED) is 0.746. The summed E-state index contributed by atoms with van der Waals surface area (Å²) in [4.78, 5) is 16.6. The molecule has 4 nitrogen and oxygen atoms in total. The van der Waals surface area contributed by atoms with Crippen LogP contribution in [-0.2, 0) is 0 Å². The predicted octanol–water partition coefficient (Wildman–Crippen LogP) is 4.30. The van der Waals surface area contributed by atoms with Crippen molar-refractivity contribution in [2.75, 3.05) is 11.9 Å². The van der Waals surface area contributed by atoms with E-state index >= 15 is 0 Å². The summed E-state index contributed by atoms with van der Waals surface area (Å²) < 4.78 is 0. The Balaban J connectivity index is 1.47. The Morgan fingerprint density at radius 3 is 2.96 bits per heavy atom. The van der Waals surface area contributed by atoms with Crippen molar-refractivity contribution >= 4 is 22.3 Å². The van der Waals surface area contributed by atoms with E-state index in [9.17, 15) is 9.90 Å². The van der Waals surface area contributed by atoms with E-state index in [-0.39, 0.29) is 17.5 Å². The average Bonchev–Trinajstić information content (AvgIpc) is 3.19. The van der Waals surface area contributed by atoms with Gasteiger partial charge in [-0.15, -0.1) is 11.3 Å². The van der Waals surface area contributed by atoms with Gasteiger partial charge in [-0.2, -0.15) is 0 Å². The molecule has 1 unspecified atom stereocenters. The first-order chi connectivity index (χ1) is 11.7. The van der Waals surface area contributed by atoms with Gasteiger partial charge >= 0.3 is 0 Å². The number of aromatic nitrogens is 1.